The predicted molar refractivity (Wildman–Crippen MR) is 90.9 cm³/mol. The molecule has 2 aromatic carbocycles. The molecule has 1 saturated heterocycles. The summed E-state index contributed by atoms with van der Waals surface area (Å²) in [5, 5.41) is 2.35. The number of fused-ring (bicyclic) bond motifs is 1. The Labute approximate surface area is 144 Å². The summed E-state index contributed by atoms with van der Waals surface area (Å²) in [4.78, 5) is 11.5. The first-order valence-corrected chi connectivity index (χ1v) is 8.24. The molecular formula is C19H21F3N2O. The first-order chi connectivity index (χ1) is 11.6. The van der Waals surface area contributed by atoms with Crippen molar-refractivity contribution in [2.24, 2.45) is 0 Å². The van der Waals surface area contributed by atoms with Crippen LogP contribution in [0.1, 0.15) is 44.4 Å². The molecule has 1 aliphatic heterocycles. The van der Waals surface area contributed by atoms with E-state index in [-0.39, 0.29) is 24.4 Å². The van der Waals surface area contributed by atoms with Crippen molar-refractivity contribution in [2.45, 2.75) is 44.8 Å². The van der Waals surface area contributed by atoms with E-state index < -0.39 is 17.6 Å². The molecule has 0 aromatic heterocycles. The van der Waals surface area contributed by atoms with E-state index in [1.807, 2.05) is 32.9 Å². The largest absolute Gasteiger partial charge is 0.409 e. The molecule has 3 nitrogen and oxygen atoms in total. The van der Waals surface area contributed by atoms with Gasteiger partial charge in [0.25, 0.3) is 0 Å². The van der Waals surface area contributed by atoms with Crippen LogP contribution in [0.15, 0.2) is 36.4 Å². The summed E-state index contributed by atoms with van der Waals surface area (Å²) >= 11 is 0. The fourth-order valence-electron chi connectivity index (χ4n) is 3.43. The lowest BCUT2D eigenvalue weighted by Crippen LogP contribution is -2.44. The number of rotatable bonds is 2. The fraction of sp³-hybridized carbons (Fsp3) is 0.421. The third-order valence-corrected chi connectivity index (χ3v) is 4.52. The number of carbonyl (C=O) groups excluding carboxylic acids is 1. The number of halogens is 3. The van der Waals surface area contributed by atoms with Crippen LogP contribution in [0.25, 0.3) is 10.8 Å². The molecule has 3 rings (SSSR count). The van der Waals surface area contributed by atoms with Crippen LogP contribution in [0, 0.1) is 0 Å². The highest BCUT2D eigenvalue weighted by Gasteiger charge is 2.49. The highest BCUT2D eigenvalue weighted by Crippen LogP contribution is 2.45. The lowest BCUT2D eigenvalue weighted by molar-refractivity contribution is -0.190. The van der Waals surface area contributed by atoms with Gasteiger partial charge in [-0.1, -0.05) is 57.2 Å². The van der Waals surface area contributed by atoms with Crippen LogP contribution in [0.3, 0.4) is 0 Å². The standard InChI is InChI=1S/C19H21F3N2O/c1-18(2,3)14-9-8-12-6-4-5-7-13(12)16(14)17(19(20,21)22)24-11-10-15(25)23-24/h4-9,17H,10-11H2,1-3H3,(H,23,25). The van der Waals surface area contributed by atoms with Gasteiger partial charge in [-0.25, -0.2) is 5.01 Å². The predicted octanol–water partition coefficient (Wildman–Crippen LogP) is 4.48. The number of nitrogens with one attached hydrogen (secondary N) is 1. The second-order valence-corrected chi connectivity index (χ2v) is 7.42. The summed E-state index contributed by atoms with van der Waals surface area (Å²) in [7, 11) is 0. The monoisotopic (exact) mass is 350 g/mol. The maximum atomic E-state index is 14.1. The SMILES string of the molecule is CC(C)(C)c1ccc2ccccc2c1C(N1CCC(=O)N1)C(F)(F)F. The minimum Gasteiger partial charge on any atom is -0.288 e. The van der Waals surface area contributed by atoms with Crippen LogP contribution in [0.5, 0.6) is 0 Å². The third-order valence-electron chi connectivity index (χ3n) is 4.52. The van der Waals surface area contributed by atoms with E-state index in [1.54, 1.807) is 24.3 Å². The van der Waals surface area contributed by atoms with Crippen molar-refractivity contribution in [1.29, 1.82) is 0 Å². The van der Waals surface area contributed by atoms with E-state index in [4.69, 9.17) is 0 Å². The van der Waals surface area contributed by atoms with E-state index in [2.05, 4.69) is 5.43 Å². The zero-order chi connectivity index (χ0) is 18.4. The lowest BCUT2D eigenvalue weighted by atomic mass is 9.79. The zero-order valence-electron chi connectivity index (χ0n) is 14.4. The van der Waals surface area contributed by atoms with Gasteiger partial charge in [0.1, 0.15) is 0 Å². The smallest absolute Gasteiger partial charge is 0.288 e. The van der Waals surface area contributed by atoms with Gasteiger partial charge in [-0.2, -0.15) is 13.2 Å². The summed E-state index contributed by atoms with van der Waals surface area (Å²) in [6.07, 6.45) is -4.44. The number of benzene rings is 2. The van der Waals surface area contributed by atoms with Crippen molar-refractivity contribution in [2.75, 3.05) is 6.54 Å². The highest BCUT2D eigenvalue weighted by molar-refractivity contribution is 5.88. The van der Waals surface area contributed by atoms with Crippen LogP contribution in [0.4, 0.5) is 13.2 Å². The average Bonchev–Trinajstić information content (AvgIpc) is 2.91. The number of hydrogen-bond acceptors (Lipinski definition) is 2. The van der Waals surface area contributed by atoms with E-state index in [0.29, 0.717) is 10.9 Å². The second kappa shape index (κ2) is 6.02. The number of carbonyl (C=O) groups is 1. The normalized spacial score (nSPS) is 17.8. The number of hydrazine groups is 1. The van der Waals surface area contributed by atoms with Gasteiger partial charge in [0.05, 0.1) is 0 Å². The van der Waals surface area contributed by atoms with Gasteiger partial charge in [0, 0.05) is 13.0 Å². The van der Waals surface area contributed by atoms with Crippen molar-refractivity contribution < 1.29 is 18.0 Å². The van der Waals surface area contributed by atoms with Crippen molar-refractivity contribution in [1.82, 2.24) is 10.4 Å². The quantitative estimate of drug-likeness (QED) is 0.866. The van der Waals surface area contributed by atoms with E-state index >= 15 is 0 Å². The maximum Gasteiger partial charge on any atom is 0.409 e. The van der Waals surface area contributed by atoms with Crippen LogP contribution in [-0.4, -0.2) is 23.6 Å². The summed E-state index contributed by atoms with van der Waals surface area (Å²) < 4.78 is 42.3. The molecule has 1 unspecified atom stereocenters. The highest BCUT2D eigenvalue weighted by atomic mass is 19.4. The summed E-state index contributed by atoms with van der Waals surface area (Å²) in [6, 6.07) is 8.83. The first-order valence-electron chi connectivity index (χ1n) is 8.24. The molecule has 0 bridgehead atoms. The summed E-state index contributed by atoms with van der Waals surface area (Å²) in [5.41, 5.74) is 2.77. The van der Waals surface area contributed by atoms with Gasteiger partial charge >= 0.3 is 6.18 Å². The minimum absolute atomic E-state index is 0.0375. The molecule has 2 aromatic rings. The Morgan fingerprint density at radius 2 is 1.76 bits per heavy atom. The van der Waals surface area contributed by atoms with Crippen molar-refractivity contribution in [3.05, 3.63) is 47.5 Å². The first kappa shape index (κ1) is 17.7. The van der Waals surface area contributed by atoms with Crippen LogP contribution in [0.2, 0.25) is 0 Å². The van der Waals surface area contributed by atoms with Crippen molar-refractivity contribution in [3.63, 3.8) is 0 Å². The number of nitrogens with zero attached hydrogens (tertiary/aromatic N) is 1. The Morgan fingerprint density at radius 3 is 2.32 bits per heavy atom. The average molecular weight is 350 g/mol. The Hall–Kier alpha value is -2.08. The molecule has 25 heavy (non-hydrogen) atoms. The molecule has 1 N–H and O–H groups in total. The van der Waals surface area contributed by atoms with Crippen LogP contribution < -0.4 is 5.43 Å². The Kier molecular flexibility index (Phi) is 4.27. The third kappa shape index (κ3) is 3.35. The van der Waals surface area contributed by atoms with Gasteiger partial charge in [-0.3, -0.25) is 10.2 Å². The maximum absolute atomic E-state index is 14.1. The molecule has 1 amide bonds. The van der Waals surface area contributed by atoms with Crippen LogP contribution in [-0.2, 0) is 10.2 Å². The van der Waals surface area contributed by atoms with E-state index in [1.165, 1.54) is 0 Å². The number of alkyl halides is 3. The molecule has 0 aliphatic carbocycles. The molecule has 134 valence electrons. The summed E-state index contributed by atoms with van der Waals surface area (Å²) in [6.45, 7) is 5.74. The number of hydrogen-bond donors (Lipinski definition) is 1. The topological polar surface area (TPSA) is 32.3 Å². The Bertz CT molecular complexity index is 808. The molecule has 1 fully saturated rings. The molecule has 1 aliphatic rings. The fourth-order valence-corrected chi connectivity index (χ4v) is 3.43. The van der Waals surface area contributed by atoms with E-state index in [9.17, 15) is 18.0 Å². The molecule has 0 spiro atoms. The Morgan fingerprint density at radius 1 is 1.08 bits per heavy atom. The van der Waals surface area contributed by atoms with Crippen molar-refractivity contribution in [3.8, 4) is 0 Å². The Balaban J connectivity index is 2.30. The molecule has 6 heteroatoms. The molecule has 1 atom stereocenters. The van der Waals surface area contributed by atoms with Gasteiger partial charge in [-0.15, -0.1) is 0 Å². The van der Waals surface area contributed by atoms with Gasteiger partial charge < -0.3 is 0 Å². The molecule has 0 saturated carbocycles. The van der Waals surface area contributed by atoms with Crippen molar-refractivity contribution >= 4 is 16.7 Å². The molecule has 0 radical (unpaired) electrons. The van der Waals surface area contributed by atoms with Gasteiger partial charge in [0.15, 0.2) is 6.04 Å². The van der Waals surface area contributed by atoms with Crippen LogP contribution >= 0.6 is 0 Å². The van der Waals surface area contributed by atoms with Gasteiger partial charge in [-0.05, 0) is 27.3 Å². The van der Waals surface area contributed by atoms with Gasteiger partial charge in [0.2, 0.25) is 5.91 Å². The molecule has 1 heterocycles. The summed E-state index contributed by atoms with van der Waals surface area (Å²) in [5.74, 6) is -0.383. The lowest BCUT2D eigenvalue weighted by Gasteiger charge is -2.34. The minimum atomic E-state index is -4.51. The molecular weight excluding hydrogens is 329 g/mol. The zero-order valence-corrected chi connectivity index (χ0v) is 14.4. The number of amides is 1. The second-order valence-electron chi connectivity index (χ2n) is 7.42. The van der Waals surface area contributed by atoms with E-state index in [0.717, 1.165) is 10.4 Å².